The first-order valence-electron chi connectivity index (χ1n) is 7.45. The molecule has 1 atom stereocenters. The van der Waals surface area contributed by atoms with Gasteiger partial charge in [0.25, 0.3) is 5.91 Å². The van der Waals surface area contributed by atoms with Crippen molar-refractivity contribution in [1.29, 1.82) is 0 Å². The number of sulfonamides is 1. The van der Waals surface area contributed by atoms with Gasteiger partial charge in [0.05, 0.1) is 5.75 Å². The minimum atomic E-state index is -3.77. The fraction of sp³-hybridized carbons (Fsp3) is 0.235. The second-order valence-electron chi connectivity index (χ2n) is 5.42. The summed E-state index contributed by atoms with van der Waals surface area (Å²) < 4.78 is 26.8. The average molecular weight is 348 g/mol. The van der Waals surface area contributed by atoms with E-state index >= 15 is 0 Å². The lowest BCUT2D eigenvalue weighted by molar-refractivity contribution is -0.132. The van der Waals surface area contributed by atoms with Crippen molar-refractivity contribution in [3.8, 4) is 0 Å². The summed E-state index contributed by atoms with van der Waals surface area (Å²) in [6.07, 6.45) is 0. The molecule has 0 saturated carbocycles. The predicted molar refractivity (Wildman–Crippen MR) is 90.4 cm³/mol. The molecule has 24 heavy (non-hydrogen) atoms. The van der Waals surface area contributed by atoms with Gasteiger partial charge < -0.3 is 0 Å². The van der Waals surface area contributed by atoms with E-state index in [1.165, 1.54) is 12.4 Å². The number of nitrogens with one attached hydrogen (secondary N) is 1. The van der Waals surface area contributed by atoms with Crippen LogP contribution in [0.15, 0.2) is 60.7 Å². The van der Waals surface area contributed by atoms with E-state index in [0.29, 0.717) is 5.56 Å². The second-order valence-corrected chi connectivity index (χ2v) is 7.35. The van der Waals surface area contributed by atoms with Crippen LogP contribution in [0.3, 0.4) is 0 Å². The van der Waals surface area contributed by atoms with Crippen LogP contribution < -0.4 is 5.48 Å². The predicted octanol–water partition coefficient (Wildman–Crippen LogP) is 1.91. The van der Waals surface area contributed by atoms with Crippen molar-refractivity contribution in [3.05, 3.63) is 71.8 Å². The van der Waals surface area contributed by atoms with Crippen molar-refractivity contribution in [1.82, 2.24) is 9.79 Å². The highest BCUT2D eigenvalue weighted by atomic mass is 32.2. The van der Waals surface area contributed by atoms with Gasteiger partial charge in [0, 0.05) is 6.54 Å². The molecule has 0 unspecified atom stereocenters. The maximum Gasteiger partial charge on any atom is 0.261 e. The highest BCUT2D eigenvalue weighted by Crippen LogP contribution is 2.18. The number of carbonyl (C=O) groups is 1. The second kappa shape index (κ2) is 8.05. The maximum absolute atomic E-state index is 12.8. The molecule has 0 radical (unpaired) electrons. The van der Waals surface area contributed by atoms with Crippen molar-refractivity contribution >= 4 is 15.9 Å². The lowest BCUT2D eigenvalue weighted by Crippen LogP contribution is -2.47. The standard InChI is InChI=1S/C17H20N2O4S/c1-14(17(20)18-21)19(12-15-8-4-2-5-9-15)24(22,23)13-16-10-6-3-7-11-16/h2-11,14,21H,12-13H2,1H3,(H,18,20)/t14-/m0/s1. The van der Waals surface area contributed by atoms with Crippen LogP contribution in [0.1, 0.15) is 18.1 Å². The van der Waals surface area contributed by atoms with Crippen molar-refractivity contribution < 1.29 is 18.4 Å². The van der Waals surface area contributed by atoms with Crippen molar-refractivity contribution in [3.63, 3.8) is 0 Å². The zero-order valence-corrected chi connectivity index (χ0v) is 14.1. The molecule has 2 aromatic rings. The highest BCUT2D eigenvalue weighted by Gasteiger charge is 2.31. The van der Waals surface area contributed by atoms with Crippen LogP contribution in [0.5, 0.6) is 0 Å². The molecule has 128 valence electrons. The Labute approximate surface area is 141 Å². The van der Waals surface area contributed by atoms with Gasteiger partial charge in [-0.1, -0.05) is 60.7 Å². The van der Waals surface area contributed by atoms with Crippen LogP contribution in [0.2, 0.25) is 0 Å². The number of hydroxylamine groups is 1. The molecule has 1 amide bonds. The summed E-state index contributed by atoms with van der Waals surface area (Å²) in [7, 11) is -3.77. The number of hydrogen-bond donors (Lipinski definition) is 2. The maximum atomic E-state index is 12.8. The Morgan fingerprint density at radius 3 is 2.04 bits per heavy atom. The molecular weight excluding hydrogens is 328 g/mol. The Morgan fingerprint density at radius 1 is 1.04 bits per heavy atom. The smallest absolute Gasteiger partial charge is 0.261 e. The molecule has 0 fully saturated rings. The normalized spacial score (nSPS) is 12.8. The molecule has 0 aliphatic heterocycles. The number of rotatable bonds is 7. The molecule has 0 saturated heterocycles. The first-order valence-corrected chi connectivity index (χ1v) is 9.06. The molecule has 2 N–H and O–H groups in total. The molecule has 0 bridgehead atoms. The van der Waals surface area contributed by atoms with Crippen molar-refractivity contribution in [2.75, 3.05) is 0 Å². The van der Waals surface area contributed by atoms with Gasteiger partial charge >= 0.3 is 0 Å². The minimum absolute atomic E-state index is 0.0462. The van der Waals surface area contributed by atoms with Gasteiger partial charge in [0.15, 0.2) is 0 Å². The molecule has 2 aromatic carbocycles. The third-order valence-corrected chi connectivity index (χ3v) is 5.51. The lowest BCUT2D eigenvalue weighted by Gasteiger charge is -2.27. The monoisotopic (exact) mass is 348 g/mol. The van der Waals surface area contributed by atoms with E-state index in [1.807, 2.05) is 6.07 Å². The van der Waals surface area contributed by atoms with Gasteiger partial charge in [-0.05, 0) is 18.1 Å². The first-order chi connectivity index (χ1) is 11.4. The number of nitrogens with zero attached hydrogens (tertiary/aromatic N) is 1. The molecule has 6 nitrogen and oxygen atoms in total. The fourth-order valence-electron chi connectivity index (χ4n) is 2.33. The van der Waals surface area contributed by atoms with E-state index in [4.69, 9.17) is 5.21 Å². The van der Waals surface area contributed by atoms with Gasteiger partial charge in [-0.15, -0.1) is 0 Å². The Morgan fingerprint density at radius 2 is 1.54 bits per heavy atom. The topological polar surface area (TPSA) is 86.7 Å². The molecule has 0 aliphatic carbocycles. The largest absolute Gasteiger partial charge is 0.289 e. The summed E-state index contributed by atoms with van der Waals surface area (Å²) >= 11 is 0. The zero-order chi connectivity index (χ0) is 17.6. The number of amides is 1. The van der Waals surface area contributed by atoms with E-state index in [1.54, 1.807) is 54.6 Å². The number of hydrogen-bond acceptors (Lipinski definition) is 4. The zero-order valence-electron chi connectivity index (χ0n) is 13.3. The van der Waals surface area contributed by atoms with E-state index in [0.717, 1.165) is 9.87 Å². The molecular formula is C17H20N2O4S. The summed E-state index contributed by atoms with van der Waals surface area (Å²) in [5.74, 6) is -0.994. The summed E-state index contributed by atoms with van der Waals surface area (Å²) in [6.45, 7) is 1.49. The minimum Gasteiger partial charge on any atom is -0.289 e. The first kappa shape index (κ1) is 18.1. The van der Waals surface area contributed by atoms with Gasteiger partial charge in [0.1, 0.15) is 6.04 Å². The SMILES string of the molecule is C[C@@H](C(=O)NO)N(Cc1ccccc1)S(=O)(=O)Cc1ccccc1. The fourth-order valence-corrected chi connectivity index (χ4v) is 4.03. The van der Waals surface area contributed by atoms with Gasteiger partial charge in [0.2, 0.25) is 10.0 Å². The van der Waals surface area contributed by atoms with Crippen LogP contribution in [0.4, 0.5) is 0 Å². The molecule has 0 aromatic heterocycles. The molecule has 0 aliphatic rings. The third kappa shape index (κ3) is 4.64. The van der Waals surface area contributed by atoms with Gasteiger partial charge in [-0.2, -0.15) is 4.31 Å². The van der Waals surface area contributed by atoms with E-state index in [2.05, 4.69) is 0 Å². The molecule has 0 heterocycles. The van der Waals surface area contributed by atoms with E-state index < -0.39 is 22.0 Å². The molecule has 0 spiro atoms. The van der Waals surface area contributed by atoms with Gasteiger partial charge in [-0.25, -0.2) is 13.9 Å². The quantitative estimate of drug-likeness (QED) is 0.591. The molecule has 7 heteroatoms. The highest BCUT2D eigenvalue weighted by molar-refractivity contribution is 7.88. The summed E-state index contributed by atoms with van der Waals surface area (Å²) in [6, 6.07) is 16.7. The number of carbonyl (C=O) groups excluding carboxylic acids is 1. The van der Waals surface area contributed by atoms with E-state index in [9.17, 15) is 13.2 Å². The summed E-state index contributed by atoms with van der Waals surface area (Å²) in [5.41, 5.74) is 2.91. The van der Waals surface area contributed by atoms with Crippen LogP contribution in [-0.4, -0.2) is 29.9 Å². The Balaban J connectivity index is 2.31. The third-order valence-electron chi connectivity index (χ3n) is 3.65. The summed E-state index contributed by atoms with van der Waals surface area (Å²) in [4.78, 5) is 11.8. The molecule has 2 rings (SSSR count). The van der Waals surface area contributed by atoms with Crippen molar-refractivity contribution in [2.45, 2.75) is 25.3 Å². The van der Waals surface area contributed by atoms with Crippen LogP contribution >= 0.6 is 0 Å². The Hall–Kier alpha value is -2.22. The van der Waals surface area contributed by atoms with Crippen molar-refractivity contribution in [2.24, 2.45) is 0 Å². The average Bonchev–Trinajstić information content (AvgIpc) is 2.59. The Bertz CT molecular complexity index is 764. The van der Waals surface area contributed by atoms with Crippen LogP contribution in [-0.2, 0) is 27.1 Å². The number of benzene rings is 2. The summed E-state index contributed by atoms with van der Waals surface area (Å²) in [5, 5.41) is 8.85. The van der Waals surface area contributed by atoms with Crippen LogP contribution in [0, 0.1) is 0 Å². The van der Waals surface area contributed by atoms with Crippen LogP contribution in [0.25, 0.3) is 0 Å². The lowest BCUT2D eigenvalue weighted by atomic mass is 10.2. The van der Waals surface area contributed by atoms with E-state index in [-0.39, 0.29) is 12.3 Å². The van der Waals surface area contributed by atoms with Gasteiger partial charge in [-0.3, -0.25) is 10.0 Å². The Kier molecular flexibility index (Phi) is 6.08.